The van der Waals surface area contributed by atoms with E-state index < -0.39 is 0 Å². The Bertz CT molecular complexity index is 384. The molecule has 0 saturated carbocycles. The molecule has 1 aliphatic heterocycles. The number of likely N-dealkylation sites (N-methyl/N-ethyl adjacent to an activating group) is 1. The zero-order valence-corrected chi connectivity index (χ0v) is 12.0. The van der Waals surface area contributed by atoms with E-state index in [-0.39, 0.29) is 12.4 Å². The van der Waals surface area contributed by atoms with Crippen LogP contribution in [-0.4, -0.2) is 37.7 Å². The summed E-state index contributed by atoms with van der Waals surface area (Å²) in [5.41, 5.74) is 8.41. The van der Waals surface area contributed by atoms with Crippen LogP contribution < -0.4 is 10.5 Å². The molecule has 2 N–H and O–H groups in total. The predicted molar refractivity (Wildman–Crippen MR) is 77.7 cm³/mol. The molecule has 0 fully saturated rings. The second kappa shape index (κ2) is 6.98. The monoisotopic (exact) mass is 270 g/mol. The number of nitrogens with two attached hydrogens (primary N) is 1. The summed E-state index contributed by atoms with van der Waals surface area (Å²) >= 11 is 0. The molecule has 102 valence electrons. The highest BCUT2D eigenvalue weighted by atomic mass is 35.5. The molecule has 4 heteroatoms. The smallest absolute Gasteiger partial charge is 0.122 e. The largest absolute Gasteiger partial charge is 0.493 e. The van der Waals surface area contributed by atoms with E-state index in [1.165, 1.54) is 11.1 Å². The predicted octanol–water partition coefficient (Wildman–Crippen LogP) is 1.86. The van der Waals surface area contributed by atoms with E-state index in [9.17, 15) is 0 Å². The van der Waals surface area contributed by atoms with Gasteiger partial charge in [0.05, 0.1) is 6.61 Å². The van der Waals surface area contributed by atoms with Crippen LogP contribution in [0.15, 0.2) is 18.2 Å². The molecule has 1 aliphatic rings. The Morgan fingerprint density at radius 2 is 2.22 bits per heavy atom. The fraction of sp³-hybridized carbons (Fsp3) is 0.571. The fourth-order valence-corrected chi connectivity index (χ4v) is 2.10. The summed E-state index contributed by atoms with van der Waals surface area (Å²) in [5.74, 6) is 1.07. The van der Waals surface area contributed by atoms with Crippen LogP contribution >= 0.6 is 12.4 Å². The van der Waals surface area contributed by atoms with E-state index in [1.54, 1.807) is 0 Å². The second-order valence-corrected chi connectivity index (χ2v) is 4.86. The lowest BCUT2D eigenvalue weighted by Gasteiger charge is -2.23. The zero-order valence-electron chi connectivity index (χ0n) is 11.2. The minimum Gasteiger partial charge on any atom is -0.493 e. The van der Waals surface area contributed by atoms with Crippen LogP contribution in [0.3, 0.4) is 0 Å². The quantitative estimate of drug-likeness (QED) is 0.888. The van der Waals surface area contributed by atoms with Crippen LogP contribution in [0.4, 0.5) is 0 Å². The van der Waals surface area contributed by atoms with Crippen molar-refractivity contribution < 1.29 is 4.74 Å². The van der Waals surface area contributed by atoms with Crippen molar-refractivity contribution in [3.63, 3.8) is 0 Å². The van der Waals surface area contributed by atoms with Gasteiger partial charge in [0.15, 0.2) is 0 Å². The summed E-state index contributed by atoms with van der Waals surface area (Å²) in [6.45, 7) is 4.77. The van der Waals surface area contributed by atoms with Crippen LogP contribution in [0.2, 0.25) is 0 Å². The topological polar surface area (TPSA) is 38.5 Å². The third kappa shape index (κ3) is 3.61. The first-order valence-corrected chi connectivity index (χ1v) is 6.35. The van der Waals surface area contributed by atoms with Crippen LogP contribution in [0.1, 0.15) is 18.1 Å². The number of rotatable bonds is 5. The lowest BCUT2D eigenvalue weighted by atomic mass is 10.1. The van der Waals surface area contributed by atoms with Gasteiger partial charge in [-0.3, -0.25) is 0 Å². The van der Waals surface area contributed by atoms with Gasteiger partial charge in [0.2, 0.25) is 0 Å². The Labute approximate surface area is 116 Å². The van der Waals surface area contributed by atoms with Crippen LogP contribution in [0.5, 0.6) is 5.75 Å². The lowest BCUT2D eigenvalue weighted by molar-refractivity contribution is 0.266. The molecule has 0 bridgehead atoms. The van der Waals surface area contributed by atoms with Crippen molar-refractivity contribution in [2.75, 3.05) is 26.7 Å². The summed E-state index contributed by atoms with van der Waals surface area (Å²) in [4.78, 5) is 2.31. The molecular formula is C14H23ClN2O. The number of benzene rings is 1. The van der Waals surface area contributed by atoms with E-state index in [0.29, 0.717) is 12.6 Å². The first-order chi connectivity index (χ1) is 8.20. The summed E-state index contributed by atoms with van der Waals surface area (Å²) in [6.07, 6.45) is 2.13. The molecular weight excluding hydrogens is 248 g/mol. The summed E-state index contributed by atoms with van der Waals surface area (Å²) in [7, 11) is 2.13. The zero-order chi connectivity index (χ0) is 12.3. The van der Waals surface area contributed by atoms with Crippen LogP contribution in [0, 0.1) is 0 Å². The SMILES string of the molecule is CC(CN)N(C)CCc1ccc2c(c1)CCO2.Cl. The van der Waals surface area contributed by atoms with Crippen molar-refractivity contribution in [2.45, 2.75) is 25.8 Å². The Hall–Kier alpha value is -0.770. The molecule has 3 nitrogen and oxygen atoms in total. The first kappa shape index (κ1) is 15.3. The maximum atomic E-state index is 5.66. The van der Waals surface area contributed by atoms with Crippen LogP contribution in [0.25, 0.3) is 0 Å². The third-order valence-electron chi connectivity index (χ3n) is 3.60. The lowest BCUT2D eigenvalue weighted by Crippen LogP contribution is -2.36. The molecule has 1 aromatic rings. The number of ether oxygens (including phenoxy) is 1. The number of hydrogen-bond donors (Lipinski definition) is 1. The average molecular weight is 271 g/mol. The van der Waals surface area contributed by atoms with Gasteiger partial charge in [0.25, 0.3) is 0 Å². The van der Waals surface area contributed by atoms with E-state index >= 15 is 0 Å². The van der Waals surface area contributed by atoms with Crippen molar-refractivity contribution >= 4 is 12.4 Å². The summed E-state index contributed by atoms with van der Waals surface area (Å²) in [5, 5.41) is 0. The van der Waals surface area contributed by atoms with Gasteiger partial charge < -0.3 is 15.4 Å². The molecule has 0 spiro atoms. The van der Waals surface area contributed by atoms with Crippen molar-refractivity contribution in [1.29, 1.82) is 0 Å². The highest BCUT2D eigenvalue weighted by Crippen LogP contribution is 2.26. The van der Waals surface area contributed by atoms with Gasteiger partial charge in [0.1, 0.15) is 5.75 Å². The summed E-state index contributed by atoms with van der Waals surface area (Å²) < 4.78 is 5.51. The van der Waals surface area contributed by atoms with Gasteiger partial charge in [-0.05, 0) is 37.6 Å². The molecule has 2 rings (SSSR count). The van der Waals surface area contributed by atoms with Gasteiger partial charge in [-0.2, -0.15) is 0 Å². The van der Waals surface area contributed by atoms with Crippen molar-refractivity contribution in [3.05, 3.63) is 29.3 Å². The molecule has 18 heavy (non-hydrogen) atoms. The summed E-state index contributed by atoms with van der Waals surface area (Å²) in [6, 6.07) is 7.01. The van der Waals surface area contributed by atoms with Gasteiger partial charge >= 0.3 is 0 Å². The molecule has 0 aromatic heterocycles. The molecule has 0 saturated heterocycles. The fourth-order valence-electron chi connectivity index (χ4n) is 2.10. The standard InChI is InChI=1S/C14H22N2O.ClH/c1-11(10-15)16(2)7-5-12-3-4-14-13(9-12)6-8-17-14;/h3-4,9,11H,5-8,10,15H2,1-2H3;1H. The average Bonchev–Trinajstić information content (AvgIpc) is 2.82. The molecule has 0 aliphatic carbocycles. The molecule has 0 amide bonds. The van der Waals surface area contributed by atoms with Gasteiger partial charge in [-0.25, -0.2) is 0 Å². The second-order valence-electron chi connectivity index (χ2n) is 4.86. The highest BCUT2D eigenvalue weighted by molar-refractivity contribution is 5.85. The number of fused-ring (bicyclic) bond motifs is 1. The van der Waals surface area contributed by atoms with E-state index in [2.05, 4.69) is 37.1 Å². The van der Waals surface area contributed by atoms with Gasteiger partial charge in [-0.15, -0.1) is 12.4 Å². The van der Waals surface area contributed by atoms with Gasteiger partial charge in [0, 0.05) is 25.6 Å². The number of hydrogen-bond acceptors (Lipinski definition) is 3. The number of halogens is 1. The van der Waals surface area contributed by atoms with E-state index in [1.807, 2.05) is 0 Å². The molecule has 0 radical (unpaired) electrons. The van der Waals surface area contributed by atoms with Crippen molar-refractivity contribution in [1.82, 2.24) is 4.90 Å². The first-order valence-electron chi connectivity index (χ1n) is 6.35. The Kier molecular flexibility index (Phi) is 5.93. The van der Waals surface area contributed by atoms with Crippen LogP contribution in [-0.2, 0) is 12.8 Å². The van der Waals surface area contributed by atoms with Crippen molar-refractivity contribution in [2.24, 2.45) is 5.73 Å². The Morgan fingerprint density at radius 3 is 2.94 bits per heavy atom. The minimum absolute atomic E-state index is 0. The highest BCUT2D eigenvalue weighted by Gasteiger charge is 2.12. The normalized spacial score (nSPS) is 14.9. The Morgan fingerprint density at radius 1 is 1.44 bits per heavy atom. The molecule has 1 unspecified atom stereocenters. The number of nitrogens with zero attached hydrogens (tertiary/aromatic N) is 1. The maximum absolute atomic E-state index is 5.66. The van der Waals surface area contributed by atoms with E-state index in [0.717, 1.165) is 31.7 Å². The van der Waals surface area contributed by atoms with Crippen molar-refractivity contribution in [3.8, 4) is 5.75 Å². The minimum atomic E-state index is 0. The molecule has 1 heterocycles. The molecule has 1 atom stereocenters. The van der Waals surface area contributed by atoms with E-state index in [4.69, 9.17) is 10.5 Å². The molecule has 1 aromatic carbocycles. The third-order valence-corrected chi connectivity index (χ3v) is 3.60. The van der Waals surface area contributed by atoms with Gasteiger partial charge in [-0.1, -0.05) is 12.1 Å². The maximum Gasteiger partial charge on any atom is 0.122 e. The Balaban J connectivity index is 0.00000162.